The number of aliphatic hydroxyl groups excluding tert-OH is 1. The van der Waals surface area contributed by atoms with Crippen molar-refractivity contribution in [1.29, 1.82) is 0 Å². The van der Waals surface area contributed by atoms with Gasteiger partial charge in [0.2, 0.25) is 0 Å². The van der Waals surface area contributed by atoms with Crippen molar-refractivity contribution in [2.75, 3.05) is 0 Å². The van der Waals surface area contributed by atoms with E-state index in [0.717, 1.165) is 31.3 Å². The topological polar surface area (TPSA) is 54.4 Å². The van der Waals surface area contributed by atoms with Crippen LogP contribution in [-0.4, -0.2) is 22.8 Å². The van der Waals surface area contributed by atoms with Gasteiger partial charge in [-0.05, 0) is 67.9 Å². The second kappa shape index (κ2) is 5.14. The number of carbonyl (C=O) groups excluding carboxylic acids is 2. The smallest absolute Gasteiger partial charge is 0.178 e. The SMILES string of the molecule is CC(O)[C@H]1CC[C@H]2[C@@H]3CCC4=CC(=O)C=C[C@]4(C)[C@H]3C(=O)C[C@]12C. The quantitative estimate of drug-likeness (QED) is 0.802. The Morgan fingerprint density at radius 1 is 1.21 bits per heavy atom. The minimum absolute atomic E-state index is 0.00711. The van der Waals surface area contributed by atoms with Crippen LogP contribution in [0.5, 0.6) is 0 Å². The van der Waals surface area contributed by atoms with Crippen LogP contribution in [0.2, 0.25) is 0 Å². The van der Waals surface area contributed by atoms with E-state index in [0.29, 0.717) is 24.0 Å². The van der Waals surface area contributed by atoms with E-state index < -0.39 is 0 Å². The van der Waals surface area contributed by atoms with Gasteiger partial charge in [-0.25, -0.2) is 0 Å². The highest BCUT2D eigenvalue weighted by Gasteiger charge is 2.62. The van der Waals surface area contributed by atoms with Crippen molar-refractivity contribution in [3.05, 3.63) is 23.8 Å². The summed E-state index contributed by atoms with van der Waals surface area (Å²) >= 11 is 0. The average Bonchev–Trinajstić information content (AvgIpc) is 2.84. The fraction of sp³-hybridized carbons (Fsp3) is 0.714. The molecule has 4 aliphatic rings. The summed E-state index contributed by atoms with van der Waals surface area (Å²) in [4.78, 5) is 25.0. The van der Waals surface area contributed by atoms with E-state index in [2.05, 4.69) is 13.8 Å². The van der Waals surface area contributed by atoms with Gasteiger partial charge in [0.1, 0.15) is 5.78 Å². The fourth-order valence-corrected chi connectivity index (χ4v) is 6.86. The third-order valence-corrected chi connectivity index (χ3v) is 7.91. The van der Waals surface area contributed by atoms with Crippen LogP contribution in [-0.2, 0) is 9.59 Å². The number of fused-ring (bicyclic) bond motifs is 5. The largest absolute Gasteiger partial charge is 0.393 e. The zero-order chi connectivity index (χ0) is 17.3. The molecular weight excluding hydrogens is 300 g/mol. The number of Topliss-reactive ketones (excluding diaryl/α,β-unsaturated/α-hetero) is 1. The Morgan fingerprint density at radius 2 is 1.96 bits per heavy atom. The van der Waals surface area contributed by atoms with Crippen molar-refractivity contribution < 1.29 is 14.7 Å². The predicted octanol–water partition coefficient (Wildman–Crippen LogP) is 3.47. The van der Waals surface area contributed by atoms with Crippen LogP contribution in [0.4, 0.5) is 0 Å². The third-order valence-electron chi connectivity index (χ3n) is 7.91. The molecule has 130 valence electrons. The molecule has 3 saturated carbocycles. The molecule has 0 aromatic rings. The molecule has 4 aliphatic carbocycles. The highest BCUT2D eigenvalue weighted by molar-refractivity contribution is 6.01. The maximum Gasteiger partial charge on any atom is 0.178 e. The van der Waals surface area contributed by atoms with Gasteiger partial charge in [0.25, 0.3) is 0 Å². The number of hydrogen-bond donors (Lipinski definition) is 1. The Hall–Kier alpha value is -1.22. The lowest BCUT2D eigenvalue weighted by molar-refractivity contribution is -0.144. The van der Waals surface area contributed by atoms with Crippen molar-refractivity contribution in [2.24, 2.45) is 34.5 Å². The van der Waals surface area contributed by atoms with Crippen LogP contribution >= 0.6 is 0 Å². The van der Waals surface area contributed by atoms with Gasteiger partial charge in [-0.15, -0.1) is 0 Å². The summed E-state index contributed by atoms with van der Waals surface area (Å²) in [6.45, 7) is 6.28. The predicted molar refractivity (Wildman–Crippen MR) is 92.2 cm³/mol. The van der Waals surface area contributed by atoms with Crippen molar-refractivity contribution in [3.63, 3.8) is 0 Å². The van der Waals surface area contributed by atoms with Gasteiger partial charge in [0.05, 0.1) is 6.10 Å². The van der Waals surface area contributed by atoms with E-state index in [4.69, 9.17) is 0 Å². The van der Waals surface area contributed by atoms with Gasteiger partial charge < -0.3 is 5.11 Å². The molecule has 3 fully saturated rings. The Kier molecular flexibility index (Phi) is 3.48. The molecule has 0 radical (unpaired) electrons. The molecule has 0 spiro atoms. The van der Waals surface area contributed by atoms with E-state index >= 15 is 0 Å². The molecule has 7 atom stereocenters. The van der Waals surface area contributed by atoms with E-state index in [1.807, 2.05) is 13.0 Å². The number of hydrogen-bond acceptors (Lipinski definition) is 3. The monoisotopic (exact) mass is 328 g/mol. The van der Waals surface area contributed by atoms with Crippen molar-refractivity contribution in [3.8, 4) is 0 Å². The molecular formula is C21H28O3. The van der Waals surface area contributed by atoms with Gasteiger partial charge in [-0.3, -0.25) is 9.59 Å². The molecule has 0 amide bonds. The minimum Gasteiger partial charge on any atom is -0.393 e. The summed E-state index contributed by atoms with van der Waals surface area (Å²) in [7, 11) is 0. The lowest BCUT2D eigenvalue weighted by atomic mass is 9.47. The number of allylic oxidation sites excluding steroid dienone is 4. The fourth-order valence-electron chi connectivity index (χ4n) is 6.86. The standard InChI is InChI=1S/C21H28O3/c1-12(22)16-6-7-17-15-5-4-13-10-14(23)8-9-20(13,2)19(15)18(24)11-21(16,17)3/h8-10,12,15-17,19,22H,4-7,11H2,1-3H3/t12?,15-,16+,17-,19+,20-,21+/m0/s1. The number of ketones is 2. The van der Waals surface area contributed by atoms with Crippen LogP contribution in [0, 0.1) is 34.5 Å². The summed E-state index contributed by atoms with van der Waals surface area (Å²) < 4.78 is 0. The Labute approximate surface area is 144 Å². The van der Waals surface area contributed by atoms with Crippen LogP contribution in [0.3, 0.4) is 0 Å². The Morgan fingerprint density at radius 3 is 2.67 bits per heavy atom. The third kappa shape index (κ3) is 2.00. The van der Waals surface area contributed by atoms with E-state index in [-0.39, 0.29) is 34.6 Å². The first-order valence-electron chi connectivity index (χ1n) is 9.42. The summed E-state index contributed by atoms with van der Waals surface area (Å²) in [6, 6.07) is 0. The zero-order valence-corrected chi connectivity index (χ0v) is 14.9. The summed E-state index contributed by atoms with van der Waals surface area (Å²) in [5.41, 5.74) is 0.814. The van der Waals surface area contributed by atoms with Crippen molar-refractivity contribution in [1.82, 2.24) is 0 Å². The van der Waals surface area contributed by atoms with Gasteiger partial charge in [0.15, 0.2) is 5.78 Å². The van der Waals surface area contributed by atoms with Crippen LogP contribution in [0.25, 0.3) is 0 Å². The van der Waals surface area contributed by atoms with Gasteiger partial charge in [-0.2, -0.15) is 0 Å². The molecule has 3 nitrogen and oxygen atoms in total. The van der Waals surface area contributed by atoms with E-state index in [9.17, 15) is 14.7 Å². The lowest BCUT2D eigenvalue weighted by Crippen LogP contribution is -2.54. The minimum atomic E-state index is -0.341. The molecule has 0 bridgehead atoms. The van der Waals surface area contributed by atoms with Gasteiger partial charge in [0, 0.05) is 17.8 Å². The van der Waals surface area contributed by atoms with Gasteiger partial charge in [-0.1, -0.05) is 25.5 Å². The molecule has 1 unspecified atom stereocenters. The number of rotatable bonds is 1. The van der Waals surface area contributed by atoms with Gasteiger partial charge >= 0.3 is 0 Å². The van der Waals surface area contributed by atoms with E-state index in [1.54, 1.807) is 12.2 Å². The molecule has 24 heavy (non-hydrogen) atoms. The van der Waals surface area contributed by atoms with Crippen molar-refractivity contribution >= 4 is 11.6 Å². The normalized spacial score (nSPS) is 48.4. The molecule has 1 N–H and O–H groups in total. The second-order valence-corrected chi connectivity index (χ2v) is 9.05. The highest BCUT2D eigenvalue weighted by atomic mass is 16.3. The van der Waals surface area contributed by atoms with Crippen LogP contribution in [0.15, 0.2) is 23.8 Å². The first kappa shape index (κ1) is 16.3. The second-order valence-electron chi connectivity index (χ2n) is 9.05. The Balaban J connectivity index is 1.74. The Bertz CT molecular complexity index is 658. The first-order chi connectivity index (χ1) is 11.3. The molecule has 0 aliphatic heterocycles. The van der Waals surface area contributed by atoms with Crippen LogP contribution < -0.4 is 0 Å². The van der Waals surface area contributed by atoms with Crippen LogP contribution in [0.1, 0.15) is 52.9 Å². The zero-order valence-electron chi connectivity index (χ0n) is 14.9. The average molecular weight is 328 g/mol. The van der Waals surface area contributed by atoms with Crippen molar-refractivity contribution in [2.45, 2.75) is 59.0 Å². The number of carbonyl (C=O) groups is 2. The van der Waals surface area contributed by atoms with E-state index in [1.165, 1.54) is 0 Å². The number of aliphatic hydroxyl groups is 1. The highest BCUT2D eigenvalue weighted by Crippen LogP contribution is 2.65. The molecule has 0 aromatic heterocycles. The summed E-state index contributed by atoms with van der Waals surface area (Å²) in [6.07, 6.45) is 9.75. The maximum atomic E-state index is 13.3. The summed E-state index contributed by atoms with van der Waals surface area (Å²) in [5.74, 6) is 1.56. The molecule has 0 saturated heterocycles. The molecule has 3 heteroatoms. The molecule has 4 rings (SSSR count). The summed E-state index contributed by atoms with van der Waals surface area (Å²) in [5, 5.41) is 10.2. The molecule has 0 heterocycles. The first-order valence-corrected chi connectivity index (χ1v) is 9.42. The molecule has 0 aromatic carbocycles. The maximum absolute atomic E-state index is 13.3. The lowest BCUT2D eigenvalue weighted by Gasteiger charge is -2.56.